The molecule has 10 heteroatoms. The van der Waals surface area contributed by atoms with E-state index < -0.39 is 31.1 Å². The summed E-state index contributed by atoms with van der Waals surface area (Å²) in [6.45, 7) is 0.393. The van der Waals surface area contributed by atoms with Gasteiger partial charge in [-0.15, -0.1) is 0 Å². The number of fused-ring (bicyclic) bond motifs is 3. The van der Waals surface area contributed by atoms with Crippen LogP contribution in [0.1, 0.15) is 50.3 Å². The monoisotopic (exact) mass is 485 g/mol. The summed E-state index contributed by atoms with van der Waals surface area (Å²) in [5, 5.41) is 30.3. The molecule has 1 aliphatic carbocycles. The number of ether oxygens (including phenoxy) is 1. The number of nitrogens with zero attached hydrogens (tertiary/aromatic N) is 5. The van der Waals surface area contributed by atoms with Crippen molar-refractivity contribution in [1.82, 2.24) is 19.5 Å². The van der Waals surface area contributed by atoms with E-state index in [0.717, 1.165) is 25.1 Å². The number of aliphatic hydroxyl groups is 3. The van der Waals surface area contributed by atoms with E-state index in [2.05, 4.69) is 38.1 Å². The molecule has 1 spiro atoms. The van der Waals surface area contributed by atoms with Crippen molar-refractivity contribution in [3.8, 4) is 0 Å². The number of benzene rings is 1. The van der Waals surface area contributed by atoms with Crippen molar-refractivity contribution in [2.45, 2.75) is 68.5 Å². The van der Waals surface area contributed by atoms with Crippen molar-refractivity contribution in [3.63, 3.8) is 0 Å². The van der Waals surface area contributed by atoms with Gasteiger partial charge in [-0.25, -0.2) is 4.98 Å². The third-order valence-electron chi connectivity index (χ3n) is 7.71. The molecule has 3 aliphatic rings. The lowest BCUT2D eigenvalue weighted by Gasteiger charge is -2.29. The second kappa shape index (κ2) is 8.42. The molecule has 2 aromatic heterocycles. The van der Waals surface area contributed by atoms with Crippen LogP contribution in [0.5, 0.6) is 0 Å². The van der Waals surface area contributed by atoms with Gasteiger partial charge < -0.3 is 25.0 Å². The van der Waals surface area contributed by atoms with Gasteiger partial charge in [0.15, 0.2) is 23.2 Å². The molecular weight excluding hydrogens is 458 g/mol. The van der Waals surface area contributed by atoms with Crippen LogP contribution in [0.4, 0.5) is 11.5 Å². The molecule has 6 rings (SSSR count). The maximum Gasteiger partial charge on any atom is 0.226 e. The lowest BCUT2D eigenvalue weighted by molar-refractivity contribution is -0.0511. The first-order chi connectivity index (χ1) is 16.5. The summed E-state index contributed by atoms with van der Waals surface area (Å²) in [6, 6.07) is 8.51. The van der Waals surface area contributed by atoms with Crippen molar-refractivity contribution >= 4 is 34.3 Å². The predicted molar refractivity (Wildman–Crippen MR) is 126 cm³/mol. The van der Waals surface area contributed by atoms with Crippen molar-refractivity contribution in [3.05, 3.63) is 41.4 Å². The average molecular weight is 486 g/mol. The van der Waals surface area contributed by atoms with Gasteiger partial charge in [0.1, 0.15) is 18.3 Å². The Morgan fingerprint density at radius 2 is 1.82 bits per heavy atom. The van der Waals surface area contributed by atoms with Gasteiger partial charge in [-0.05, 0) is 36.1 Å². The van der Waals surface area contributed by atoms with Gasteiger partial charge in [0.05, 0.1) is 12.9 Å². The summed E-state index contributed by atoms with van der Waals surface area (Å²) in [4.78, 5) is 15.8. The second-order valence-electron chi connectivity index (χ2n) is 9.67. The summed E-state index contributed by atoms with van der Waals surface area (Å²) in [6.07, 6.45) is 4.44. The molecule has 180 valence electrons. The number of rotatable bonds is 3. The lowest BCUT2D eigenvalue weighted by atomic mass is 9.76. The number of para-hydroxylation sites is 1. The molecule has 1 saturated carbocycles. The van der Waals surface area contributed by atoms with E-state index in [9.17, 15) is 15.3 Å². The minimum Gasteiger partial charge on any atom is -0.394 e. The Morgan fingerprint density at radius 3 is 2.56 bits per heavy atom. The first kappa shape index (κ1) is 22.2. The zero-order valence-corrected chi connectivity index (χ0v) is 19.5. The first-order valence-corrected chi connectivity index (χ1v) is 12.3. The van der Waals surface area contributed by atoms with E-state index in [1.54, 1.807) is 4.57 Å². The van der Waals surface area contributed by atoms with E-state index >= 15 is 0 Å². The number of anilines is 2. The van der Waals surface area contributed by atoms with Crippen LogP contribution >= 0.6 is 11.6 Å². The number of aromatic nitrogens is 4. The minimum atomic E-state index is -1.24. The van der Waals surface area contributed by atoms with Gasteiger partial charge in [-0.3, -0.25) is 4.57 Å². The van der Waals surface area contributed by atoms with Gasteiger partial charge in [0.25, 0.3) is 0 Å². The topological polar surface area (TPSA) is 117 Å². The highest BCUT2D eigenvalue weighted by atomic mass is 35.5. The summed E-state index contributed by atoms with van der Waals surface area (Å²) in [7, 11) is 0. The summed E-state index contributed by atoms with van der Waals surface area (Å²) < 4.78 is 7.26. The molecule has 2 fully saturated rings. The second-order valence-corrected chi connectivity index (χ2v) is 10.0. The molecule has 0 bridgehead atoms. The van der Waals surface area contributed by atoms with Gasteiger partial charge in [0.2, 0.25) is 5.28 Å². The molecular formula is C24H28ClN5O4. The Morgan fingerprint density at radius 1 is 1.06 bits per heavy atom. The van der Waals surface area contributed by atoms with Crippen molar-refractivity contribution in [1.29, 1.82) is 0 Å². The molecule has 0 radical (unpaired) electrons. The lowest BCUT2D eigenvalue weighted by Crippen LogP contribution is -2.33. The Bertz CT molecular complexity index is 1210. The van der Waals surface area contributed by atoms with E-state index in [-0.39, 0.29) is 10.7 Å². The maximum absolute atomic E-state index is 10.5. The zero-order valence-electron chi connectivity index (χ0n) is 18.7. The normalized spacial score (nSPS) is 28.5. The maximum atomic E-state index is 10.5. The number of imidazole rings is 1. The third kappa shape index (κ3) is 3.33. The molecule has 34 heavy (non-hydrogen) atoms. The van der Waals surface area contributed by atoms with Crippen LogP contribution < -0.4 is 4.90 Å². The molecule has 4 unspecified atom stereocenters. The van der Waals surface area contributed by atoms with Gasteiger partial charge in [-0.1, -0.05) is 43.9 Å². The molecule has 3 N–H and O–H groups in total. The Hall–Kier alpha value is -2.30. The molecule has 4 heterocycles. The van der Waals surface area contributed by atoms with Crippen LogP contribution in [0.3, 0.4) is 0 Å². The van der Waals surface area contributed by atoms with Crippen molar-refractivity contribution < 1.29 is 20.1 Å². The standard InChI is InChI=1S/C24H28ClN5O4/c25-23-27-20(17-21(28-23)30(13-26-17)22-19(33)18(32)16(11-31)34-22)29-12-24(9-5-1-2-6-10-24)14-7-3-4-8-15(14)29/h3-4,7-8,13,16,18-19,22,31-33H,1-2,5-6,9-12H2. The average Bonchev–Trinajstić information content (AvgIpc) is 3.41. The smallest absolute Gasteiger partial charge is 0.226 e. The van der Waals surface area contributed by atoms with E-state index in [1.165, 1.54) is 37.6 Å². The number of hydrogen-bond donors (Lipinski definition) is 3. The van der Waals surface area contributed by atoms with Crippen LogP contribution in [-0.2, 0) is 10.2 Å². The molecule has 1 aromatic carbocycles. The summed E-state index contributed by atoms with van der Waals surface area (Å²) in [5.74, 6) is 0.620. The SMILES string of the molecule is OCC1OC(n2cnc3c(N4CC5(CCCCCC5)c5ccccc54)nc(Cl)nc32)C(O)C1O. The Kier molecular flexibility index (Phi) is 5.50. The van der Waals surface area contributed by atoms with Crippen LogP contribution in [0, 0.1) is 0 Å². The van der Waals surface area contributed by atoms with Gasteiger partial charge >= 0.3 is 0 Å². The zero-order chi connectivity index (χ0) is 23.4. The molecule has 9 nitrogen and oxygen atoms in total. The van der Waals surface area contributed by atoms with Gasteiger partial charge in [0, 0.05) is 17.6 Å². The largest absolute Gasteiger partial charge is 0.394 e. The minimum absolute atomic E-state index is 0.0651. The summed E-state index contributed by atoms with van der Waals surface area (Å²) >= 11 is 6.41. The fourth-order valence-corrected chi connectivity index (χ4v) is 6.17. The Labute approximate surface area is 202 Å². The molecule has 1 saturated heterocycles. The van der Waals surface area contributed by atoms with Crippen LogP contribution in [-0.4, -0.2) is 66.3 Å². The van der Waals surface area contributed by atoms with E-state index in [1.807, 2.05) is 6.07 Å². The highest BCUT2D eigenvalue weighted by Crippen LogP contribution is 2.51. The van der Waals surface area contributed by atoms with E-state index in [4.69, 9.17) is 16.3 Å². The Balaban J connectivity index is 1.45. The van der Waals surface area contributed by atoms with Crippen LogP contribution in [0.25, 0.3) is 11.2 Å². The number of aliphatic hydroxyl groups excluding tert-OH is 3. The molecule has 2 aliphatic heterocycles. The van der Waals surface area contributed by atoms with Crippen LogP contribution in [0.15, 0.2) is 30.6 Å². The fourth-order valence-electron chi connectivity index (χ4n) is 6.01. The highest BCUT2D eigenvalue weighted by Gasteiger charge is 2.46. The third-order valence-corrected chi connectivity index (χ3v) is 7.88. The summed E-state index contributed by atoms with van der Waals surface area (Å²) in [5.41, 5.74) is 3.49. The van der Waals surface area contributed by atoms with Crippen molar-refractivity contribution in [2.24, 2.45) is 0 Å². The first-order valence-electron chi connectivity index (χ1n) is 11.9. The van der Waals surface area contributed by atoms with Crippen LogP contribution in [0.2, 0.25) is 5.28 Å². The highest BCUT2D eigenvalue weighted by molar-refractivity contribution is 6.28. The van der Waals surface area contributed by atoms with E-state index in [0.29, 0.717) is 17.0 Å². The molecule has 0 amide bonds. The number of halogens is 1. The molecule has 4 atom stereocenters. The quantitative estimate of drug-likeness (QED) is 0.485. The van der Waals surface area contributed by atoms with Gasteiger partial charge in [-0.2, -0.15) is 9.97 Å². The number of hydrogen-bond acceptors (Lipinski definition) is 8. The van der Waals surface area contributed by atoms with Crippen molar-refractivity contribution in [2.75, 3.05) is 18.1 Å². The molecule has 3 aromatic rings. The predicted octanol–water partition coefficient (Wildman–Crippen LogP) is 2.83. The fraction of sp³-hybridized carbons (Fsp3) is 0.542.